The van der Waals surface area contributed by atoms with E-state index in [9.17, 15) is 0 Å². The van der Waals surface area contributed by atoms with E-state index in [1.165, 1.54) is 21.3 Å². The molecule has 3 heterocycles. The standard InChI is InChI=1S/C17H17N5S/c1-10-11(2)21-17-18-9-19-22(17)16(10)20-12(3)15-8-13-6-4-5-7-14(13)23-15/h4-9,12,20H,1-3H3. The highest BCUT2D eigenvalue weighted by molar-refractivity contribution is 7.19. The summed E-state index contributed by atoms with van der Waals surface area (Å²) in [5, 5.41) is 9.17. The van der Waals surface area contributed by atoms with E-state index in [4.69, 9.17) is 0 Å². The van der Waals surface area contributed by atoms with Crippen LogP contribution in [0.1, 0.15) is 29.1 Å². The predicted molar refractivity (Wildman–Crippen MR) is 94.1 cm³/mol. The highest BCUT2D eigenvalue weighted by atomic mass is 32.1. The van der Waals surface area contributed by atoms with Crippen molar-refractivity contribution in [2.24, 2.45) is 0 Å². The molecule has 0 aliphatic carbocycles. The van der Waals surface area contributed by atoms with Gasteiger partial charge in [0.1, 0.15) is 12.1 Å². The molecule has 1 aromatic carbocycles. The maximum atomic E-state index is 4.46. The lowest BCUT2D eigenvalue weighted by molar-refractivity contribution is 0.843. The number of anilines is 1. The van der Waals surface area contributed by atoms with Gasteiger partial charge in [-0.3, -0.25) is 0 Å². The van der Waals surface area contributed by atoms with E-state index >= 15 is 0 Å². The van der Waals surface area contributed by atoms with Crippen LogP contribution < -0.4 is 5.32 Å². The largest absolute Gasteiger partial charge is 0.362 e. The van der Waals surface area contributed by atoms with Crippen molar-refractivity contribution in [1.82, 2.24) is 19.6 Å². The second kappa shape index (κ2) is 5.31. The lowest BCUT2D eigenvalue weighted by Crippen LogP contribution is -2.12. The van der Waals surface area contributed by atoms with Gasteiger partial charge in [-0.15, -0.1) is 11.3 Å². The summed E-state index contributed by atoms with van der Waals surface area (Å²) < 4.78 is 3.08. The van der Waals surface area contributed by atoms with E-state index in [1.807, 2.05) is 18.3 Å². The van der Waals surface area contributed by atoms with Crippen LogP contribution in [0.15, 0.2) is 36.7 Å². The zero-order valence-corrected chi connectivity index (χ0v) is 14.1. The molecule has 116 valence electrons. The smallest absolute Gasteiger partial charge is 0.254 e. The van der Waals surface area contributed by atoms with Gasteiger partial charge in [0.2, 0.25) is 0 Å². The van der Waals surface area contributed by atoms with E-state index in [1.54, 1.807) is 4.52 Å². The van der Waals surface area contributed by atoms with Crippen LogP contribution in [-0.2, 0) is 0 Å². The highest BCUT2D eigenvalue weighted by Crippen LogP contribution is 2.32. The number of fused-ring (bicyclic) bond motifs is 2. The third-order valence-electron chi connectivity index (χ3n) is 4.13. The van der Waals surface area contributed by atoms with Crippen LogP contribution in [0.5, 0.6) is 0 Å². The average Bonchev–Trinajstić information content (AvgIpc) is 3.17. The average molecular weight is 323 g/mol. The molecule has 0 amide bonds. The molecular formula is C17H17N5S. The molecule has 1 atom stereocenters. The van der Waals surface area contributed by atoms with E-state index < -0.39 is 0 Å². The fourth-order valence-corrected chi connectivity index (χ4v) is 3.76. The Hall–Kier alpha value is -2.47. The van der Waals surface area contributed by atoms with Crippen molar-refractivity contribution in [3.05, 3.63) is 52.8 Å². The van der Waals surface area contributed by atoms with E-state index in [0.29, 0.717) is 5.78 Å². The zero-order chi connectivity index (χ0) is 16.0. The Labute approximate surface area is 138 Å². The molecule has 0 saturated heterocycles. The number of benzene rings is 1. The number of aryl methyl sites for hydroxylation is 1. The molecule has 0 fully saturated rings. The van der Waals surface area contributed by atoms with Gasteiger partial charge >= 0.3 is 0 Å². The molecule has 0 bridgehead atoms. The molecule has 5 nitrogen and oxygen atoms in total. The van der Waals surface area contributed by atoms with Crippen LogP contribution in [0.4, 0.5) is 5.82 Å². The molecule has 0 aliphatic rings. The summed E-state index contributed by atoms with van der Waals surface area (Å²) in [4.78, 5) is 9.96. The summed E-state index contributed by atoms with van der Waals surface area (Å²) in [6.45, 7) is 6.23. The van der Waals surface area contributed by atoms with Crippen molar-refractivity contribution in [1.29, 1.82) is 0 Å². The van der Waals surface area contributed by atoms with E-state index in [-0.39, 0.29) is 6.04 Å². The first-order chi connectivity index (χ1) is 11.1. The maximum absolute atomic E-state index is 4.46. The van der Waals surface area contributed by atoms with Crippen molar-refractivity contribution < 1.29 is 0 Å². The normalized spacial score (nSPS) is 12.8. The van der Waals surface area contributed by atoms with Crippen LogP contribution in [0.25, 0.3) is 15.9 Å². The van der Waals surface area contributed by atoms with Crippen molar-refractivity contribution >= 4 is 33.0 Å². The number of rotatable bonds is 3. The monoisotopic (exact) mass is 323 g/mol. The minimum absolute atomic E-state index is 0.181. The third kappa shape index (κ3) is 2.35. The Morgan fingerprint density at radius 2 is 2.04 bits per heavy atom. The van der Waals surface area contributed by atoms with Crippen molar-refractivity contribution in [3.63, 3.8) is 0 Å². The topological polar surface area (TPSA) is 55.1 Å². The summed E-state index contributed by atoms with van der Waals surface area (Å²) in [6, 6.07) is 10.9. The first kappa shape index (κ1) is 14.1. The SMILES string of the molecule is Cc1nc2ncnn2c(NC(C)c2cc3ccccc3s2)c1C. The number of nitrogens with one attached hydrogen (secondary N) is 1. The molecule has 4 aromatic rings. The molecule has 0 aliphatic heterocycles. The van der Waals surface area contributed by atoms with Gasteiger partial charge in [-0.1, -0.05) is 18.2 Å². The fourth-order valence-electron chi connectivity index (χ4n) is 2.69. The van der Waals surface area contributed by atoms with Crippen molar-refractivity contribution in [3.8, 4) is 0 Å². The number of hydrogen-bond donors (Lipinski definition) is 1. The van der Waals surface area contributed by atoms with Gasteiger partial charge in [-0.05, 0) is 38.3 Å². The summed E-state index contributed by atoms with van der Waals surface area (Å²) >= 11 is 1.82. The Bertz CT molecular complexity index is 968. The Balaban J connectivity index is 1.75. The number of thiophene rings is 1. The maximum Gasteiger partial charge on any atom is 0.254 e. The van der Waals surface area contributed by atoms with Crippen LogP contribution in [-0.4, -0.2) is 19.6 Å². The molecule has 6 heteroatoms. The summed E-state index contributed by atoms with van der Waals surface area (Å²) in [7, 11) is 0. The summed E-state index contributed by atoms with van der Waals surface area (Å²) in [6.07, 6.45) is 1.54. The van der Waals surface area contributed by atoms with Gasteiger partial charge in [0.25, 0.3) is 5.78 Å². The van der Waals surface area contributed by atoms with Gasteiger partial charge in [-0.25, -0.2) is 4.98 Å². The van der Waals surface area contributed by atoms with Crippen molar-refractivity contribution in [2.45, 2.75) is 26.8 Å². The van der Waals surface area contributed by atoms with Gasteiger partial charge in [0.05, 0.1) is 6.04 Å². The first-order valence-electron chi connectivity index (χ1n) is 7.55. The summed E-state index contributed by atoms with van der Waals surface area (Å²) in [5.74, 6) is 1.58. The molecule has 23 heavy (non-hydrogen) atoms. The summed E-state index contributed by atoms with van der Waals surface area (Å²) in [5.41, 5.74) is 2.06. The molecular weight excluding hydrogens is 306 g/mol. The second-order valence-corrected chi connectivity index (χ2v) is 6.81. The Kier molecular flexibility index (Phi) is 3.27. The Morgan fingerprint density at radius 1 is 1.22 bits per heavy atom. The number of hydrogen-bond acceptors (Lipinski definition) is 5. The van der Waals surface area contributed by atoms with Crippen LogP contribution in [0, 0.1) is 13.8 Å². The molecule has 1 N–H and O–H groups in total. The highest BCUT2D eigenvalue weighted by Gasteiger charge is 2.15. The minimum atomic E-state index is 0.181. The van der Waals surface area contributed by atoms with Crippen molar-refractivity contribution in [2.75, 3.05) is 5.32 Å². The number of nitrogens with zero attached hydrogens (tertiary/aromatic N) is 4. The molecule has 0 spiro atoms. The van der Waals surface area contributed by atoms with Gasteiger partial charge in [0, 0.05) is 20.8 Å². The molecule has 3 aromatic heterocycles. The third-order valence-corrected chi connectivity index (χ3v) is 5.43. The van der Waals surface area contributed by atoms with Crippen LogP contribution >= 0.6 is 11.3 Å². The molecule has 0 saturated carbocycles. The van der Waals surface area contributed by atoms with Crippen LogP contribution in [0.2, 0.25) is 0 Å². The minimum Gasteiger partial charge on any atom is -0.362 e. The lowest BCUT2D eigenvalue weighted by atomic mass is 10.2. The molecule has 4 rings (SSSR count). The van der Waals surface area contributed by atoms with Gasteiger partial charge in [-0.2, -0.15) is 14.6 Å². The first-order valence-corrected chi connectivity index (χ1v) is 8.37. The zero-order valence-electron chi connectivity index (χ0n) is 13.2. The van der Waals surface area contributed by atoms with E-state index in [2.05, 4.69) is 64.6 Å². The van der Waals surface area contributed by atoms with Gasteiger partial charge in [0.15, 0.2) is 0 Å². The Morgan fingerprint density at radius 3 is 2.87 bits per heavy atom. The molecule has 1 unspecified atom stereocenters. The predicted octanol–water partition coefficient (Wildman–Crippen LogP) is 4.13. The van der Waals surface area contributed by atoms with E-state index in [0.717, 1.165) is 17.1 Å². The van der Waals surface area contributed by atoms with Crippen LogP contribution in [0.3, 0.4) is 0 Å². The second-order valence-electron chi connectivity index (χ2n) is 5.70. The lowest BCUT2D eigenvalue weighted by Gasteiger charge is -2.17. The number of aromatic nitrogens is 4. The molecule has 0 radical (unpaired) electrons. The fraction of sp³-hybridized carbons (Fsp3) is 0.235. The quantitative estimate of drug-likeness (QED) is 0.616. The van der Waals surface area contributed by atoms with Gasteiger partial charge < -0.3 is 5.32 Å².